The number of hydrogen-bond acceptors (Lipinski definition) is 4. The maximum atomic E-state index is 10.5. The van der Waals surface area contributed by atoms with Crippen molar-refractivity contribution in [3.63, 3.8) is 0 Å². The Bertz CT molecular complexity index is 385. The molecular weight excluding hydrogens is 216 g/mol. The van der Waals surface area contributed by atoms with Crippen LogP contribution in [-0.2, 0) is 11.8 Å². The van der Waals surface area contributed by atoms with Gasteiger partial charge in [0.25, 0.3) is 0 Å². The third kappa shape index (κ3) is 3.55. The van der Waals surface area contributed by atoms with Gasteiger partial charge in [-0.1, -0.05) is 0 Å². The van der Waals surface area contributed by atoms with Crippen LogP contribution in [0.4, 0.5) is 5.82 Å². The zero-order chi connectivity index (χ0) is 10.7. The molecule has 1 rings (SSSR count). The van der Waals surface area contributed by atoms with Gasteiger partial charge in [-0.25, -0.2) is 5.43 Å². The first-order chi connectivity index (χ1) is 6.52. The van der Waals surface area contributed by atoms with Crippen LogP contribution in [0.5, 0.6) is 0 Å². The number of nitrogens with zero attached hydrogens (tertiary/aromatic N) is 3. The SMILES string of the molecule is CC(=O)N/N=C(\N)c1cnn(C)c1N.O.O. The molecular formula is C7H16N6O3. The number of nitrogen functional groups attached to an aromatic ring is 1. The lowest BCUT2D eigenvalue weighted by molar-refractivity contribution is -0.118. The summed E-state index contributed by atoms with van der Waals surface area (Å²) in [6.07, 6.45) is 1.48. The highest BCUT2D eigenvalue weighted by atomic mass is 16.2. The highest BCUT2D eigenvalue weighted by Gasteiger charge is 2.08. The number of amides is 1. The molecule has 0 saturated carbocycles. The molecule has 9 heteroatoms. The summed E-state index contributed by atoms with van der Waals surface area (Å²) in [7, 11) is 1.69. The van der Waals surface area contributed by atoms with Crippen molar-refractivity contribution in [3.8, 4) is 0 Å². The molecule has 0 aromatic carbocycles. The molecule has 0 unspecified atom stereocenters. The molecule has 0 spiro atoms. The quantitative estimate of drug-likeness (QED) is 0.282. The molecule has 92 valence electrons. The second kappa shape index (κ2) is 6.37. The van der Waals surface area contributed by atoms with E-state index in [0.29, 0.717) is 11.4 Å². The van der Waals surface area contributed by atoms with Gasteiger partial charge in [-0.15, -0.1) is 0 Å². The number of nitrogens with one attached hydrogen (secondary N) is 1. The van der Waals surface area contributed by atoms with Gasteiger partial charge >= 0.3 is 0 Å². The number of amidine groups is 1. The molecule has 9 N–H and O–H groups in total. The van der Waals surface area contributed by atoms with Gasteiger partial charge in [0.15, 0.2) is 5.84 Å². The van der Waals surface area contributed by atoms with Crippen molar-refractivity contribution >= 4 is 17.6 Å². The zero-order valence-electron chi connectivity index (χ0n) is 8.98. The third-order valence-electron chi connectivity index (χ3n) is 1.59. The largest absolute Gasteiger partial charge is 0.412 e. The number of rotatable bonds is 2. The van der Waals surface area contributed by atoms with E-state index in [0.717, 1.165) is 0 Å². The van der Waals surface area contributed by atoms with Crippen LogP contribution in [0.2, 0.25) is 0 Å². The average molecular weight is 232 g/mol. The fraction of sp³-hybridized carbons (Fsp3) is 0.286. The van der Waals surface area contributed by atoms with Gasteiger partial charge in [0.05, 0.1) is 11.8 Å². The molecule has 16 heavy (non-hydrogen) atoms. The van der Waals surface area contributed by atoms with Gasteiger partial charge in [-0.2, -0.15) is 10.2 Å². The summed E-state index contributed by atoms with van der Waals surface area (Å²) < 4.78 is 1.46. The van der Waals surface area contributed by atoms with Gasteiger partial charge in [0.2, 0.25) is 5.91 Å². The number of hydrogen-bond donors (Lipinski definition) is 3. The number of aromatic nitrogens is 2. The Morgan fingerprint density at radius 2 is 2.12 bits per heavy atom. The first-order valence-electron chi connectivity index (χ1n) is 3.90. The average Bonchev–Trinajstić information content (AvgIpc) is 2.44. The Labute approximate surface area is 91.7 Å². The highest BCUT2D eigenvalue weighted by Crippen LogP contribution is 2.07. The zero-order valence-corrected chi connectivity index (χ0v) is 8.98. The monoisotopic (exact) mass is 232 g/mol. The van der Waals surface area contributed by atoms with E-state index >= 15 is 0 Å². The summed E-state index contributed by atoms with van der Waals surface area (Å²) in [5, 5.41) is 7.51. The summed E-state index contributed by atoms with van der Waals surface area (Å²) in [5.41, 5.74) is 13.9. The molecule has 9 nitrogen and oxygen atoms in total. The van der Waals surface area contributed by atoms with Crippen LogP contribution in [0.15, 0.2) is 11.3 Å². The fourth-order valence-corrected chi connectivity index (χ4v) is 0.844. The first-order valence-corrected chi connectivity index (χ1v) is 3.90. The van der Waals surface area contributed by atoms with E-state index in [1.54, 1.807) is 7.05 Å². The van der Waals surface area contributed by atoms with Gasteiger partial charge in [0.1, 0.15) is 5.82 Å². The standard InChI is InChI=1S/C7H12N6O.2H2O/c1-4(14)11-12-6(8)5-3-10-13(2)7(5)9;;/h3H,9H2,1-2H3,(H2,8,12)(H,11,14);2*1H2. The molecule has 0 aliphatic rings. The van der Waals surface area contributed by atoms with Crippen LogP contribution < -0.4 is 16.9 Å². The summed E-state index contributed by atoms with van der Waals surface area (Å²) in [4.78, 5) is 10.5. The van der Waals surface area contributed by atoms with E-state index in [9.17, 15) is 4.79 Å². The van der Waals surface area contributed by atoms with Crippen LogP contribution >= 0.6 is 0 Å². The maximum absolute atomic E-state index is 10.5. The van der Waals surface area contributed by atoms with Crippen LogP contribution in [0.1, 0.15) is 12.5 Å². The Morgan fingerprint density at radius 1 is 1.56 bits per heavy atom. The van der Waals surface area contributed by atoms with Crippen molar-refractivity contribution in [1.29, 1.82) is 0 Å². The summed E-state index contributed by atoms with van der Waals surface area (Å²) in [5.74, 6) is 0.234. The molecule has 1 aromatic heterocycles. The van der Waals surface area contributed by atoms with E-state index in [1.165, 1.54) is 17.8 Å². The molecule has 0 bridgehead atoms. The molecule has 0 aliphatic carbocycles. The first kappa shape index (κ1) is 16.3. The number of carbonyl (C=O) groups excluding carboxylic acids is 1. The smallest absolute Gasteiger partial charge is 0.237 e. The fourth-order valence-electron chi connectivity index (χ4n) is 0.844. The summed E-state index contributed by atoms with van der Waals surface area (Å²) >= 11 is 0. The molecule has 1 amide bonds. The highest BCUT2D eigenvalue weighted by molar-refractivity contribution is 6.01. The summed E-state index contributed by atoms with van der Waals surface area (Å²) in [6, 6.07) is 0. The lowest BCUT2D eigenvalue weighted by Gasteiger charge is -1.99. The van der Waals surface area contributed by atoms with Crippen molar-refractivity contribution in [2.24, 2.45) is 17.9 Å². The number of anilines is 1. The van der Waals surface area contributed by atoms with Gasteiger partial charge in [-0.05, 0) is 0 Å². The Kier molecular flexibility index (Phi) is 6.49. The molecule has 0 aliphatic heterocycles. The number of hydrazone groups is 1. The minimum Gasteiger partial charge on any atom is -0.412 e. The third-order valence-corrected chi connectivity index (χ3v) is 1.59. The van der Waals surface area contributed by atoms with E-state index in [2.05, 4.69) is 15.6 Å². The molecule has 0 fully saturated rings. The van der Waals surface area contributed by atoms with Gasteiger partial charge < -0.3 is 22.4 Å². The second-order valence-electron chi connectivity index (χ2n) is 2.73. The van der Waals surface area contributed by atoms with Crippen molar-refractivity contribution in [3.05, 3.63) is 11.8 Å². The van der Waals surface area contributed by atoms with Crippen LogP contribution in [-0.4, -0.2) is 32.5 Å². The predicted octanol–water partition coefficient (Wildman–Crippen LogP) is -2.89. The predicted molar refractivity (Wildman–Crippen MR) is 59.4 cm³/mol. The lowest BCUT2D eigenvalue weighted by Crippen LogP contribution is -2.22. The normalized spacial score (nSPS) is 10.0. The van der Waals surface area contributed by atoms with E-state index in [-0.39, 0.29) is 22.7 Å². The molecule has 0 atom stereocenters. The molecule has 0 saturated heterocycles. The number of nitrogens with two attached hydrogens (primary N) is 2. The minimum atomic E-state index is -0.296. The van der Waals surface area contributed by atoms with Gasteiger partial charge in [0, 0.05) is 14.0 Å². The van der Waals surface area contributed by atoms with Gasteiger partial charge in [-0.3, -0.25) is 9.48 Å². The van der Waals surface area contributed by atoms with Crippen LogP contribution in [0, 0.1) is 0 Å². The molecule has 0 radical (unpaired) electrons. The number of aryl methyl sites for hydroxylation is 1. The molecule has 1 aromatic rings. The van der Waals surface area contributed by atoms with Crippen molar-refractivity contribution in [2.45, 2.75) is 6.92 Å². The summed E-state index contributed by atoms with van der Waals surface area (Å²) in [6.45, 7) is 1.34. The van der Waals surface area contributed by atoms with E-state index in [1.807, 2.05) is 0 Å². The molecule has 1 heterocycles. The number of carbonyl (C=O) groups is 1. The van der Waals surface area contributed by atoms with Crippen LogP contribution in [0.25, 0.3) is 0 Å². The van der Waals surface area contributed by atoms with E-state index < -0.39 is 0 Å². The van der Waals surface area contributed by atoms with Crippen LogP contribution in [0.3, 0.4) is 0 Å². The topological polar surface area (TPSA) is 174 Å². The maximum Gasteiger partial charge on any atom is 0.237 e. The Balaban J connectivity index is 0. The van der Waals surface area contributed by atoms with Crippen molar-refractivity contribution in [2.75, 3.05) is 5.73 Å². The Hall–Kier alpha value is -2.13. The minimum absolute atomic E-state index is 0. The van der Waals surface area contributed by atoms with E-state index in [4.69, 9.17) is 11.5 Å². The second-order valence-corrected chi connectivity index (χ2v) is 2.73. The van der Waals surface area contributed by atoms with Crippen molar-refractivity contribution in [1.82, 2.24) is 15.2 Å². The van der Waals surface area contributed by atoms with Crippen molar-refractivity contribution < 1.29 is 15.7 Å². The lowest BCUT2D eigenvalue weighted by atomic mass is 10.3. The Morgan fingerprint density at radius 3 is 2.50 bits per heavy atom.